The molecule has 0 aliphatic carbocycles. The van der Waals surface area contributed by atoms with Gasteiger partial charge in [-0.3, -0.25) is 9.97 Å². The molecule has 0 bridgehead atoms. The summed E-state index contributed by atoms with van der Waals surface area (Å²) in [6.07, 6.45) is 4.27. The minimum absolute atomic E-state index is 0.0543. The van der Waals surface area contributed by atoms with Crippen LogP contribution < -0.4 is 5.73 Å². The molecule has 0 spiro atoms. The van der Waals surface area contributed by atoms with Gasteiger partial charge in [0.15, 0.2) is 0 Å². The summed E-state index contributed by atoms with van der Waals surface area (Å²) in [5, 5.41) is 0. The fraction of sp³-hybridized carbons (Fsp3) is 0.600. The van der Waals surface area contributed by atoms with Crippen molar-refractivity contribution in [1.29, 1.82) is 0 Å². The Kier molecular flexibility index (Phi) is 2.98. The molecule has 0 amide bonds. The van der Waals surface area contributed by atoms with E-state index in [0.717, 1.165) is 17.8 Å². The molecule has 0 atom stereocenters. The van der Waals surface area contributed by atoms with Gasteiger partial charge in [0, 0.05) is 24.2 Å². The first-order valence-electron chi connectivity index (χ1n) is 4.56. The predicted octanol–water partition coefficient (Wildman–Crippen LogP) is 1.28. The van der Waals surface area contributed by atoms with Crippen molar-refractivity contribution < 1.29 is 0 Å². The molecule has 72 valence electrons. The number of aromatic nitrogens is 2. The summed E-state index contributed by atoms with van der Waals surface area (Å²) in [5.41, 5.74) is 7.64. The highest BCUT2D eigenvalue weighted by Crippen LogP contribution is 2.21. The van der Waals surface area contributed by atoms with Crippen molar-refractivity contribution in [3.05, 3.63) is 23.8 Å². The van der Waals surface area contributed by atoms with Gasteiger partial charge in [0.1, 0.15) is 0 Å². The standard InChI is InChI=1S/C10H17N3/c1-10(2,3)9-8(4-5-11)12-6-7-13-9/h6-7H,4-5,11H2,1-3H3. The molecule has 1 aromatic heterocycles. The summed E-state index contributed by atoms with van der Waals surface area (Å²) in [4.78, 5) is 8.64. The summed E-state index contributed by atoms with van der Waals surface area (Å²) in [5.74, 6) is 0. The molecule has 1 rings (SSSR count). The van der Waals surface area contributed by atoms with E-state index in [0.29, 0.717) is 6.54 Å². The van der Waals surface area contributed by atoms with Gasteiger partial charge in [-0.05, 0) is 6.54 Å². The zero-order valence-corrected chi connectivity index (χ0v) is 8.54. The molecular formula is C10H17N3. The van der Waals surface area contributed by atoms with Crippen molar-refractivity contribution in [2.24, 2.45) is 5.73 Å². The maximum absolute atomic E-state index is 5.50. The van der Waals surface area contributed by atoms with E-state index in [1.807, 2.05) is 0 Å². The smallest absolute Gasteiger partial charge is 0.0672 e. The van der Waals surface area contributed by atoms with Crippen LogP contribution >= 0.6 is 0 Å². The molecule has 0 unspecified atom stereocenters. The second-order valence-corrected chi connectivity index (χ2v) is 4.14. The third-order valence-electron chi connectivity index (χ3n) is 1.87. The molecule has 0 aromatic carbocycles. The topological polar surface area (TPSA) is 51.8 Å². The van der Waals surface area contributed by atoms with Gasteiger partial charge in [0.2, 0.25) is 0 Å². The van der Waals surface area contributed by atoms with Crippen molar-refractivity contribution >= 4 is 0 Å². The Morgan fingerprint density at radius 3 is 2.38 bits per heavy atom. The Labute approximate surface area is 79.4 Å². The zero-order valence-electron chi connectivity index (χ0n) is 8.54. The van der Waals surface area contributed by atoms with E-state index in [9.17, 15) is 0 Å². The van der Waals surface area contributed by atoms with Crippen LogP contribution in [0.4, 0.5) is 0 Å². The lowest BCUT2D eigenvalue weighted by atomic mass is 9.89. The van der Waals surface area contributed by atoms with Crippen molar-refractivity contribution in [3.63, 3.8) is 0 Å². The highest BCUT2D eigenvalue weighted by atomic mass is 14.8. The van der Waals surface area contributed by atoms with Crippen LogP contribution in [-0.4, -0.2) is 16.5 Å². The van der Waals surface area contributed by atoms with E-state index in [-0.39, 0.29) is 5.41 Å². The summed E-state index contributed by atoms with van der Waals surface area (Å²) >= 11 is 0. The molecule has 0 saturated heterocycles. The lowest BCUT2D eigenvalue weighted by Gasteiger charge is -2.19. The van der Waals surface area contributed by atoms with Crippen molar-refractivity contribution in [2.45, 2.75) is 32.6 Å². The number of rotatable bonds is 2. The SMILES string of the molecule is CC(C)(C)c1nccnc1CCN. The first-order valence-corrected chi connectivity index (χ1v) is 4.56. The Morgan fingerprint density at radius 1 is 1.23 bits per heavy atom. The van der Waals surface area contributed by atoms with Gasteiger partial charge in [-0.25, -0.2) is 0 Å². The van der Waals surface area contributed by atoms with E-state index >= 15 is 0 Å². The van der Waals surface area contributed by atoms with E-state index < -0.39 is 0 Å². The predicted molar refractivity (Wildman–Crippen MR) is 53.5 cm³/mol. The van der Waals surface area contributed by atoms with Crippen LogP contribution in [0, 0.1) is 0 Å². The van der Waals surface area contributed by atoms with Crippen LogP contribution in [0.15, 0.2) is 12.4 Å². The minimum atomic E-state index is 0.0543. The van der Waals surface area contributed by atoms with Gasteiger partial charge in [-0.1, -0.05) is 20.8 Å². The van der Waals surface area contributed by atoms with E-state index in [1.165, 1.54) is 0 Å². The number of hydrogen-bond acceptors (Lipinski definition) is 3. The van der Waals surface area contributed by atoms with E-state index in [1.54, 1.807) is 12.4 Å². The maximum atomic E-state index is 5.50. The quantitative estimate of drug-likeness (QED) is 0.744. The van der Waals surface area contributed by atoms with Gasteiger partial charge < -0.3 is 5.73 Å². The van der Waals surface area contributed by atoms with Gasteiger partial charge in [0.25, 0.3) is 0 Å². The second-order valence-electron chi connectivity index (χ2n) is 4.14. The minimum Gasteiger partial charge on any atom is -0.330 e. The highest BCUT2D eigenvalue weighted by Gasteiger charge is 2.19. The Balaban J connectivity index is 3.05. The van der Waals surface area contributed by atoms with Crippen LogP contribution in [0.2, 0.25) is 0 Å². The summed E-state index contributed by atoms with van der Waals surface area (Å²) in [6.45, 7) is 7.03. The number of nitrogens with two attached hydrogens (primary N) is 1. The highest BCUT2D eigenvalue weighted by molar-refractivity contribution is 5.19. The van der Waals surface area contributed by atoms with Gasteiger partial charge in [-0.15, -0.1) is 0 Å². The lowest BCUT2D eigenvalue weighted by Crippen LogP contribution is -2.19. The molecule has 0 aliphatic heterocycles. The van der Waals surface area contributed by atoms with Gasteiger partial charge >= 0.3 is 0 Å². The molecule has 1 aromatic rings. The fourth-order valence-corrected chi connectivity index (χ4v) is 1.31. The summed E-state index contributed by atoms with van der Waals surface area (Å²) in [7, 11) is 0. The first kappa shape index (κ1) is 10.1. The van der Waals surface area contributed by atoms with Gasteiger partial charge in [-0.2, -0.15) is 0 Å². The van der Waals surface area contributed by atoms with Crippen LogP contribution in [0.3, 0.4) is 0 Å². The van der Waals surface area contributed by atoms with Crippen molar-refractivity contribution in [3.8, 4) is 0 Å². The van der Waals surface area contributed by atoms with Crippen LogP contribution in [-0.2, 0) is 11.8 Å². The van der Waals surface area contributed by atoms with Crippen molar-refractivity contribution in [1.82, 2.24) is 9.97 Å². The fourth-order valence-electron chi connectivity index (χ4n) is 1.31. The van der Waals surface area contributed by atoms with Crippen LogP contribution in [0.25, 0.3) is 0 Å². The van der Waals surface area contributed by atoms with E-state index in [4.69, 9.17) is 5.73 Å². The first-order chi connectivity index (χ1) is 6.05. The molecule has 13 heavy (non-hydrogen) atoms. The maximum Gasteiger partial charge on any atom is 0.0672 e. The molecule has 0 aliphatic rings. The Hall–Kier alpha value is -0.960. The van der Waals surface area contributed by atoms with Crippen LogP contribution in [0.5, 0.6) is 0 Å². The molecule has 0 saturated carbocycles. The Bertz CT molecular complexity index is 276. The third-order valence-corrected chi connectivity index (χ3v) is 1.87. The Morgan fingerprint density at radius 2 is 1.85 bits per heavy atom. The zero-order chi connectivity index (χ0) is 9.90. The average molecular weight is 179 g/mol. The van der Waals surface area contributed by atoms with Crippen LogP contribution in [0.1, 0.15) is 32.2 Å². The van der Waals surface area contributed by atoms with Gasteiger partial charge in [0.05, 0.1) is 11.4 Å². The largest absolute Gasteiger partial charge is 0.330 e. The van der Waals surface area contributed by atoms with Crippen molar-refractivity contribution in [2.75, 3.05) is 6.54 Å². The molecule has 1 heterocycles. The molecule has 3 nitrogen and oxygen atoms in total. The summed E-state index contributed by atoms with van der Waals surface area (Å²) < 4.78 is 0. The number of hydrogen-bond donors (Lipinski definition) is 1. The molecular weight excluding hydrogens is 162 g/mol. The summed E-state index contributed by atoms with van der Waals surface area (Å²) in [6, 6.07) is 0. The molecule has 2 N–H and O–H groups in total. The lowest BCUT2D eigenvalue weighted by molar-refractivity contribution is 0.554. The van der Waals surface area contributed by atoms with E-state index in [2.05, 4.69) is 30.7 Å². The molecule has 0 radical (unpaired) electrons. The normalized spacial score (nSPS) is 11.7. The molecule has 3 heteroatoms. The molecule has 0 fully saturated rings. The monoisotopic (exact) mass is 179 g/mol. The second kappa shape index (κ2) is 3.83. The number of nitrogens with zero attached hydrogens (tertiary/aromatic N) is 2. The third kappa shape index (κ3) is 2.49. The average Bonchev–Trinajstić information content (AvgIpc) is 2.04.